The van der Waals surface area contributed by atoms with Crippen LogP contribution in [0.1, 0.15) is 50.9 Å². The lowest BCUT2D eigenvalue weighted by molar-refractivity contribution is -0.133. The third-order valence-corrected chi connectivity index (χ3v) is 5.97. The average molecular weight is 358 g/mol. The molecule has 140 valence electrons. The predicted molar refractivity (Wildman–Crippen MR) is 99.2 cm³/mol. The summed E-state index contributed by atoms with van der Waals surface area (Å²) in [6.45, 7) is 6.30. The third kappa shape index (κ3) is 3.47. The van der Waals surface area contributed by atoms with Gasteiger partial charge in [0, 0.05) is 13.0 Å². The number of imidazole rings is 1. The molecule has 2 fully saturated rings. The molecule has 1 aromatic heterocycles. The van der Waals surface area contributed by atoms with Crippen molar-refractivity contribution >= 4 is 16.9 Å². The van der Waals surface area contributed by atoms with Crippen molar-refractivity contribution in [1.29, 1.82) is 0 Å². The Morgan fingerprint density at radius 2 is 2.08 bits per heavy atom. The van der Waals surface area contributed by atoms with Gasteiger partial charge in [-0.05, 0) is 69.4 Å². The molecule has 2 aliphatic heterocycles. The summed E-state index contributed by atoms with van der Waals surface area (Å²) in [5, 5.41) is 0. The molecule has 0 aliphatic carbocycles. The number of halogens is 1. The van der Waals surface area contributed by atoms with Crippen LogP contribution >= 0.6 is 0 Å². The molecule has 0 saturated carbocycles. The van der Waals surface area contributed by atoms with Crippen LogP contribution in [-0.2, 0) is 4.79 Å². The lowest BCUT2D eigenvalue weighted by Gasteiger charge is -2.32. The average Bonchev–Trinajstić information content (AvgIpc) is 3.28. The second-order valence-corrected chi connectivity index (χ2v) is 7.61. The van der Waals surface area contributed by atoms with Gasteiger partial charge in [-0.25, -0.2) is 9.37 Å². The molecule has 3 heterocycles. The second-order valence-electron chi connectivity index (χ2n) is 7.61. The first-order valence-corrected chi connectivity index (χ1v) is 9.81. The van der Waals surface area contributed by atoms with E-state index in [-0.39, 0.29) is 17.8 Å². The van der Waals surface area contributed by atoms with E-state index in [9.17, 15) is 9.18 Å². The monoisotopic (exact) mass is 358 g/mol. The SMILES string of the molecule is CCN1CCC(CC(=O)N2CCC[C@@H]2c2nc3ccc(F)cc3[nH]2)CC1. The minimum atomic E-state index is -0.273. The number of hydrogen-bond acceptors (Lipinski definition) is 3. The zero-order valence-corrected chi connectivity index (χ0v) is 15.4. The smallest absolute Gasteiger partial charge is 0.223 e. The number of carbonyl (C=O) groups excluding carboxylic acids is 1. The van der Waals surface area contributed by atoms with Crippen LogP contribution in [0.3, 0.4) is 0 Å². The van der Waals surface area contributed by atoms with Crippen molar-refractivity contribution < 1.29 is 9.18 Å². The fourth-order valence-corrected chi connectivity index (χ4v) is 4.38. The molecular weight excluding hydrogens is 331 g/mol. The van der Waals surface area contributed by atoms with Crippen molar-refractivity contribution in [3.05, 3.63) is 29.8 Å². The first-order chi connectivity index (χ1) is 12.6. The summed E-state index contributed by atoms with van der Waals surface area (Å²) < 4.78 is 13.4. The summed E-state index contributed by atoms with van der Waals surface area (Å²) >= 11 is 0. The zero-order valence-electron chi connectivity index (χ0n) is 15.4. The number of hydrogen-bond donors (Lipinski definition) is 1. The highest BCUT2D eigenvalue weighted by molar-refractivity contribution is 5.78. The Morgan fingerprint density at radius 1 is 1.27 bits per heavy atom. The normalized spacial score (nSPS) is 22.4. The Bertz CT molecular complexity index is 781. The lowest BCUT2D eigenvalue weighted by atomic mass is 9.93. The van der Waals surface area contributed by atoms with Crippen LogP contribution in [0.2, 0.25) is 0 Å². The maximum Gasteiger partial charge on any atom is 0.223 e. The van der Waals surface area contributed by atoms with Gasteiger partial charge < -0.3 is 14.8 Å². The maximum atomic E-state index is 13.4. The fraction of sp³-hybridized carbons (Fsp3) is 0.600. The number of nitrogens with one attached hydrogen (secondary N) is 1. The first kappa shape index (κ1) is 17.5. The summed E-state index contributed by atoms with van der Waals surface area (Å²) in [5.41, 5.74) is 1.46. The van der Waals surface area contributed by atoms with Gasteiger partial charge in [-0.1, -0.05) is 6.92 Å². The third-order valence-electron chi connectivity index (χ3n) is 5.97. The van der Waals surface area contributed by atoms with E-state index in [4.69, 9.17) is 0 Å². The molecule has 0 unspecified atom stereocenters. The number of aromatic nitrogens is 2. The Balaban J connectivity index is 1.44. The van der Waals surface area contributed by atoms with E-state index >= 15 is 0 Å². The largest absolute Gasteiger partial charge is 0.340 e. The molecular formula is C20H27FN4O. The van der Waals surface area contributed by atoms with Gasteiger partial charge in [0.25, 0.3) is 0 Å². The maximum absolute atomic E-state index is 13.4. The van der Waals surface area contributed by atoms with E-state index in [0.29, 0.717) is 17.9 Å². The molecule has 2 aromatic rings. The summed E-state index contributed by atoms with van der Waals surface area (Å²) in [6, 6.07) is 4.57. The Labute approximate surface area is 153 Å². The van der Waals surface area contributed by atoms with Crippen LogP contribution < -0.4 is 0 Å². The molecule has 26 heavy (non-hydrogen) atoms. The van der Waals surface area contributed by atoms with Gasteiger partial charge in [-0.2, -0.15) is 0 Å². The molecule has 1 N–H and O–H groups in total. The van der Waals surface area contributed by atoms with Gasteiger partial charge in [0.15, 0.2) is 0 Å². The summed E-state index contributed by atoms with van der Waals surface area (Å²) in [4.78, 5) is 25.2. The number of benzene rings is 1. The summed E-state index contributed by atoms with van der Waals surface area (Å²) in [7, 11) is 0. The molecule has 0 spiro atoms. The number of fused-ring (bicyclic) bond motifs is 1. The van der Waals surface area contributed by atoms with Crippen LogP contribution in [0, 0.1) is 11.7 Å². The highest BCUT2D eigenvalue weighted by Gasteiger charge is 2.33. The molecule has 4 rings (SSSR count). The van der Waals surface area contributed by atoms with Crippen LogP contribution in [0.4, 0.5) is 4.39 Å². The second kappa shape index (κ2) is 7.35. The van der Waals surface area contributed by atoms with E-state index < -0.39 is 0 Å². The van der Waals surface area contributed by atoms with Crippen LogP contribution in [0.15, 0.2) is 18.2 Å². The minimum absolute atomic E-state index is 0.00584. The number of likely N-dealkylation sites (tertiary alicyclic amines) is 2. The van der Waals surface area contributed by atoms with Crippen molar-refractivity contribution in [2.75, 3.05) is 26.2 Å². The van der Waals surface area contributed by atoms with Gasteiger partial charge >= 0.3 is 0 Å². The van der Waals surface area contributed by atoms with Gasteiger partial charge in [0.2, 0.25) is 5.91 Å². The zero-order chi connectivity index (χ0) is 18.1. The van der Waals surface area contributed by atoms with Crippen LogP contribution in [0.25, 0.3) is 11.0 Å². The first-order valence-electron chi connectivity index (χ1n) is 9.81. The van der Waals surface area contributed by atoms with E-state index in [1.807, 2.05) is 4.90 Å². The lowest BCUT2D eigenvalue weighted by Crippen LogP contribution is -2.37. The van der Waals surface area contributed by atoms with Gasteiger partial charge in [0.1, 0.15) is 11.6 Å². The molecule has 6 heteroatoms. The number of aromatic amines is 1. The molecule has 1 atom stereocenters. The predicted octanol–water partition coefficient (Wildman–Crippen LogP) is 3.49. The molecule has 5 nitrogen and oxygen atoms in total. The standard InChI is InChI=1S/C20H27FN4O/c1-2-24-10-7-14(8-11-24)12-19(26)25-9-3-4-18(25)20-22-16-6-5-15(21)13-17(16)23-20/h5-6,13-14,18H,2-4,7-12H2,1H3,(H,22,23)/t18-/m1/s1. The molecule has 0 radical (unpaired) electrons. The number of carbonyl (C=O) groups is 1. The van der Waals surface area contributed by atoms with E-state index in [2.05, 4.69) is 21.8 Å². The van der Waals surface area contributed by atoms with E-state index in [1.165, 1.54) is 12.1 Å². The molecule has 2 aliphatic rings. The van der Waals surface area contributed by atoms with Crippen molar-refractivity contribution in [3.63, 3.8) is 0 Å². The van der Waals surface area contributed by atoms with Crippen molar-refractivity contribution in [1.82, 2.24) is 19.8 Å². The van der Waals surface area contributed by atoms with Crippen molar-refractivity contribution in [3.8, 4) is 0 Å². The molecule has 1 aromatic carbocycles. The summed E-state index contributed by atoms with van der Waals surface area (Å²) in [5.74, 6) is 1.26. The van der Waals surface area contributed by atoms with Crippen LogP contribution in [-0.4, -0.2) is 51.9 Å². The Kier molecular flexibility index (Phi) is 4.94. The van der Waals surface area contributed by atoms with Crippen LogP contribution in [0.5, 0.6) is 0 Å². The van der Waals surface area contributed by atoms with Crippen molar-refractivity contribution in [2.45, 2.75) is 45.1 Å². The fourth-order valence-electron chi connectivity index (χ4n) is 4.38. The Morgan fingerprint density at radius 3 is 2.85 bits per heavy atom. The number of rotatable bonds is 4. The van der Waals surface area contributed by atoms with Crippen molar-refractivity contribution in [2.24, 2.45) is 5.92 Å². The Hall–Kier alpha value is -1.95. The van der Waals surface area contributed by atoms with Gasteiger partial charge in [-0.3, -0.25) is 4.79 Å². The summed E-state index contributed by atoms with van der Waals surface area (Å²) in [6.07, 6.45) is 4.78. The minimum Gasteiger partial charge on any atom is -0.340 e. The molecule has 2 saturated heterocycles. The quantitative estimate of drug-likeness (QED) is 0.910. The van der Waals surface area contributed by atoms with Gasteiger partial charge in [-0.15, -0.1) is 0 Å². The molecule has 1 amide bonds. The molecule has 0 bridgehead atoms. The van der Waals surface area contributed by atoms with E-state index in [1.54, 1.807) is 6.07 Å². The topological polar surface area (TPSA) is 52.2 Å². The van der Waals surface area contributed by atoms with Gasteiger partial charge in [0.05, 0.1) is 17.1 Å². The highest BCUT2D eigenvalue weighted by Crippen LogP contribution is 2.33. The number of amides is 1. The number of H-pyrrole nitrogens is 1. The highest BCUT2D eigenvalue weighted by atomic mass is 19.1. The number of nitrogens with zero attached hydrogens (tertiary/aromatic N) is 3. The number of piperidine rings is 1. The van der Waals surface area contributed by atoms with E-state index in [0.717, 1.165) is 63.2 Å².